The number of rotatable bonds is 9. The van der Waals surface area contributed by atoms with Gasteiger partial charge in [0.05, 0.1) is 0 Å². The highest BCUT2D eigenvalue weighted by Crippen LogP contribution is 2.04. The van der Waals surface area contributed by atoms with Crippen LogP contribution in [0.3, 0.4) is 0 Å². The highest BCUT2D eigenvalue weighted by molar-refractivity contribution is 5.78. The van der Waals surface area contributed by atoms with Gasteiger partial charge in [-0.05, 0) is 32.2 Å². The van der Waals surface area contributed by atoms with Crippen LogP contribution in [0.5, 0.6) is 0 Å². The highest BCUT2D eigenvalue weighted by atomic mass is 16.1. The van der Waals surface area contributed by atoms with E-state index in [-0.39, 0.29) is 0 Å². The number of hydrogen-bond donors (Lipinski definition) is 1. The number of ketones is 1. The second kappa shape index (κ2) is 9.46. The standard InChI is InChI=1S/C11H21NO/c1-2-3-5-8-11(13)9-6-4-7-10-12/h2H,1,3-10,12H2. The molecule has 0 aliphatic heterocycles. The fraction of sp³-hybridized carbons (Fsp3) is 0.727. The molecule has 0 unspecified atom stereocenters. The zero-order valence-electron chi connectivity index (χ0n) is 8.43. The molecule has 0 aromatic heterocycles. The lowest BCUT2D eigenvalue weighted by Gasteiger charge is -1.99. The molecule has 0 radical (unpaired) electrons. The van der Waals surface area contributed by atoms with Crippen LogP contribution in [-0.4, -0.2) is 12.3 Å². The normalized spacial score (nSPS) is 9.92. The molecular formula is C11H21NO. The SMILES string of the molecule is C=CCCCC(=O)CCCCCN. The molecule has 0 bridgehead atoms. The number of carbonyl (C=O) groups excluding carboxylic acids is 1. The molecule has 0 atom stereocenters. The van der Waals surface area contributed by atoms with E-state index >= 15 is 0 Å². The van der Waals surface area contributed by atoms with E-state index in [1.165, 1.54) is 0 Å². The van der Waals surface area contributed by atoms with Crippen molar-refractivity contribution in [1.29, 1.82) is 0 Å². The van der Waals surface area contributed by atoms with Gasteiger partial charge in [-0.15, -0.1) is 6.58 Å². The minimum atomic E-state index is 0.388. The van der Waals surface area contributed by atoms with Gasteiger partial charge in [-0.25, -0.2) is 0 Å². The van der Waals surface area contributed by atoms with E-state index in [9.17, 15) is 4.79 Å². The third-order valence-electron chi connectivity index (χ3n) is 2.02. The second-order valence-electron chi connectivity index (χ2n) is 3.32. The van der Waals surface area contributed by atoms with Crippen molar-refractivity contribution in [3.05, 3.63) is 12.7 Å². The van der Waals surface area contributed by atoms with Crippen molar-refractivity contribution in [1.82, 2.24) is 0 Å². The van der Waals surface area contributed by atoms with E-state index in [0.717, 1.165) is 45.1 Å². The van der Waals surface area contributed by atoms with E-state index in [1.807, 2.05) is 6.08 Å². The molecule has 2 N–H and O–H groups in total. The Kier molecular flexibility index (Phi) is 9.00. The summed E-state index contributed by atoms with van der Waals surface area (Å²) >= 11 is 0. The van der Waals surface area contributed by atoms with Gasteiger partial charge in [-0.2, -0.15) is 0 Å². The molecule has 76 valence electrons. The Bertz CT molecular complexity index is 143. The van der Waals surface area contributed by atoms with Gasteiger partial charge in [-0.1, -0.05) is 12.5 Å². The van der Waals surface area contributed by atoms with Crippen molar-refractivity contribution in [2.45, 2.75) is 44.9 Å². The molecule has 0 amide bonds. The summed E-state index contributed by atoms with van der Waals surface area (Å²) < 4.78 is 0. The van der Waals surface area contributed by atoms with Crippen LogP contribution in [0.1, 0.15) is 44.9 Å². The molecule has 0 heterocycles. The van der Waals surface area contributed by atoms with E-state index < -0.39 is 0 Å². The zero-order chi connectivity index (χ0) is 9.94. The zero-order valence-corrected chi connectivity index (χ0v) is 8.43. The number of nitrogens with two attached hydrogens (primary N) is 1. The van der Waals surface area contributed by atoms with Crippen molar-refractivity contribution >= 4 is 5.78 Å². The van der Waals surface area contributed by atoms with Gasteiger partial charge < -0.3 is 5.73 Å². The summed E-state index contributed by atoms with van der Waals surface area (Å²) in [4.78, 5) is 11.2. The van der Waals surface area contributed by atoms with Crippen LogP contribution < -0.4 is 5.73 Å². The Morgan fingerprint density at radius 1 is 1.15 bits per heavy atom. The summed E-state index contributed by atoms with van der Waals surface area (Å²) in [6.45, 7) is 4.36. The van der Waals surface area contributed by atoms with Crippen LogP contribution in [0, 0.1) is 0 Å². The average Bonchev–Trinajstić information content (AvgIpc) is 2.13. The van der Waals surface area contributed by atoms with Gasteiger partial charge in [-0.3, -0.25) is 4.79 Å². The maximum atomic E-state index is 11.2. The number of allylic oxidation sites excluding steroid dienone is 1. The molecule has 0 aliphatic rings. The summed E-state index contributed by atoms with van der Waals surface area (Å²) in [5, 5.41) is 0. The van der Waals surface area contributed by atoms with Crippen molar-refractivity contribution in [3.8, 4) is 0 Å². The molecule has 2 heteroatoms. The average molecular weight is 183 g/mol. The van der Waals surface area contributed by atoms with Gasteiger partial charge in [0, 0.05) is 12.8 Å². The van der Waals surface area contributed by atoms with E-state index in [2.05, 4.69) is 6.58 Å². The van der Waals surface area contributed by atoms with E-state index in [0.29, 0.717) is 12.2 Å². The Hall–Kier alpha value is -0.630. The fourth-order valence-electron chi connectivity index (χ4n) is 1.21. The number of unbranched alkanes of at least 4 members (excludes halogenated alkanes) is 3. The van der Waals surface area contributed by atoms with Gasteiger partial charge in [0.25, 0.3) is 0 Å². The van der Waals surface area contributed by atoms with Crippen LogP contribution in [0.4, 0.5) is 0 Å². The summed E-state index contributed by atoms with van der Waals surface area (Å²) in [6, 6.07) is 0. The van der Waals surface area contributed by atoms with Crippen molar-refractivity contribution in [3.63, 3.8) is 0 Å². The first-order valence-electron chi connectivity index (χ1n) is 5.14. The number of carbonyl (C=O) groups is 1. The summed E-state index contributed by atoms with van der Waals surface area (Å²) in [7, 11) is 0. The molecular weight excluding hydrogens is 162 g/mol. The van der Waals surface area contributed by atoms with Crippen LogP contribution in [0.25, 0.3) is 0 Å². The van der Waals surface area contributed by atoms with E-state index in [1.54, 1.807) is 0 Å². The molecule has 0 rings (SSSR count). The van der Waals surface area contributed by atoms with Crippen molar-refractivity contribution < 1.29 is 4.79 Å². The molecule has 0 spiro atoms. The highest BCUT2D eigenvalue weighted by Gasteiger charge is 1.99. The minimum Gasteiger partial charge on any atom is -0.330 e. The maximum Gasteiger partial charge on any atom is 0.132 e. The molecule has 0 aromatic carbocycles. The molecule has 13 heavy (non-hydrogen) atoms. The van der Waals surface area contributed by atoms with Gasteiger partial charge in [0.15, 0.2) is 0 Å². The summed E-state index contributed by atoms with van der Waals surface area (Å²) in [5.74, 6) is 0.388. The minimum absolute atomic E-state index is 0.388. The Morgan fingerprint density at radius 2 is 1.85 bits per heavy atom. The third kappa shape index (κ3) is 9.28. The monoisotopic (exact) mass is 183 g/mol. The number of Topliss-reactive ketones (excluding diaryl/α,β-unsaturated/α-hetero) is 1. The van der Waals surface area contributed by atoms with Crippen LogP contribution >= 0.6 is 0 Å². The van der Waals surface area contributed by atoms with Crippen LogP contribution in [0.15, 0.2) is 12.7 Å². The molecule has 0 saturated carbocycles. The first kappa shape index (κ1) is 12.4. The first-order chi connectivity index (χ1) is 6.31. The molecule has 0 aromatic rings. The summed E-state index contributed by atoms with van der Waals surface area (Å²) in [6.07, 6.45) is 8.36. The topological polar surface area (TPSA) is 43.1 Å². The third-order valence-corrected chi connectivity index (χ3v) is 2.02. The quantitative estimate of drug-likeness (QED) is 0.440. The maximum absolute atomic E-state index is 11.2. The first-order valence-corrected chi connectivity index (χ1v) is 5.14. The Morgan fingerprint density at radius 3 is 2.46 bits per heavy atom. The smallest absolute Gasteiger partial charge is 0.132 e. The van der Waals surface area contributed by atoms with Gasteiger partial charge in [0.2, 0.25) is 0 Å². The second-order valence-corrected chi connectivity index (χ2v) is 3.32. The van der Waals surface area contributed by atoms with E-state index in [4.69, 9.17) is 5.73 Å². The fourth-order valence-corrected chi connectivity index (χ4v) is 1.21. The molecule has 0 fully saturated rings. The lowest BCUT2D eigenvalue weighted by atomic mass is 10.1. The number of hydrogen-bond acceptors (Lipinski definition) is 2. The van der Waals surface area contributed by atoms with Crippen LogP contribution in [0.2, 0.25) is 0 Å². The predicted molar refractivity (Wildman–Crippen MR) is 56.6 cm³/mol. The van der Waals surface area contributed by atoms with Gasteiger partial charge >= 0.3 is 0 Å². The van der Waals surface area contributed by atoms with Crippen LogP contribution in [-0.2, 0) is 4.79 Å². The Labute approximate surface area is 81.2 Å². The summed E-state index contributed by atoms with van der Waals surface area (Å²) in [5.41, 5.74) is 5.35. The molecule has 0 saturated heterocycles. The molecule has 0 aliphatic carbocycles. The Balaban J connectivity index is 3.15. The van der Waals surface area contributed by atoms with Gasteiger partial charge in [0.1, 0.15) is 5.78 Å². The lowest BCUT2D eigenvalue weighted by molar-refractivity contribution is -0.119. The van der Waals surface area contributed by atoms with Crippen molar-refractivity contribution in [2.24, 2.45) is 5.73 Å². The largest absolute Gasteiger partial charge is 0.330 e. The predicted octanol–water partition coefficient (Wildman–Crippen LogP) is 2.43. The van der Waals surface area contributed by atoms with Crippen molar-refractivity contribution in [2.75, 3.05) is 6.54 Å². The lowest BCUT2D eigenvalue weighted by Crippen LogP contribution is -2.00. The molecule has 2 nitrogen and oxygen atoms in total.